The SMILES string of the molecule is CN(C)[C@@H]1C(=O)C(C(N)=O)C(=O)[C@@]2(O)C(=O)C3C(=O)c4c(O)cccc4/C(=C\c4ccc(C(F)(F)F)cc4)[C@H]3[C@H](O)[C@@H]12. The highest BCUT2D eigenvalue weighted by atomic mass is 19.4. The molecule has 2 fully saturated rings. The predicted octanol–water partition coefficient (Wildman–Crippen LogP) is 0.855. The van der Waals surface area contributed by atoms with Gasteiger partial charge < -0.3 is 21.1 Å². The molecule has 2 unspecified atom stereocenters. The minimum Gasteiger partial charge on any atom is -0.507 e. The molecule has 13 heteroatoms. The number of benzene rings is 2. The van der Waals surface area contributed by atoms with E-state index < -0.39 is 87.9 Å². The minimum absolute atomic E-state index is 0.0441. The van der Waals surface area contributed by atoms with Crippen molar-refractivity contribution in [1.82, 2.24) is 4.90 Å². The average molecular weight is 587 g/mol. The molecule has 2 aromatic carbocycles. The highest BCUT2D eigenvalue weighted by Crippen LogP contribution is 2.54. The molecule has 220 valence electrons. The fourth-order valence-electron chi connectivity index (χ4n) is 6.62. The molecule has 3 aliphatic rings. The van der Waals surface area contributed by atoms with Crippen LogP contribution in [0.5, 0.6) is 5.75 Å². The van der Waals surface area contributed by atoms with E-state index in [-0.39, 0.29) is 22.3 Å². The number of hydrogen-bond acceptors (Lipinski definition) is 9. The second-order valence-corrected chi connectivity index (χ2v) is 10.9. The third-order valence-corrected chi connectivity index (χ3v) is 8.43. The summed E-state index contributed by atoms with van der Waals surface area (Å²) in [6.45, 7) is 0. The Morgan fingerprint density at radius 2 is 1.64 bits per heavy atom. The number of ketones is 4. The Balaban J connectivity index is 1.76. The van der Waals surface area contributed by atoms with Crippen molar-refractivity contribution in [2.24, 2.45) is 29.4 Å². The van der Waals surface area contributed by atoms with Crippen LogP contribution in [0.1, 0.15) is 27.0 Å². The van der Waals surface area contributed by atoms with Gasteiger partial charge >= 0.3 is 6.18 Å². The first-order valence-corrected chi connectivity index (χ1v) is 12.8. The van der Waals surface area contributed by atoms with Crippen LogP contribution in [0.2, 0.25) is 0 Å². The number of carbonyl (C=O) groups is 5. The molecule has 5 N–H and O–H groups in total. The first-order chi connectivity index (χ1) is 19.5. The molecule has 42 heavy (non-hydrogen) atoms. The molecule has 5 rings (SSSR count). The zero-order valence-corrected chi connectivity index (χ0v) is 22.1. The van der Waals surface area contributed by atoms with Crippen molar-refractivity contribution < 1.29 is 52.5 Å². The molecule has 0 bridgehead atoms. The molecule has 0 aromatic heterocycles. The largest absolute Gasteiger partial charge is 0.507 e. The Hall–Kier alpha value is -4.20. The van der Waals surface area contributed by atoms with E-state index in [1.807, 2.05) is 0 Å². The van der Waals surface area contributed by atoms with Crippen LogP contribution in [0.15, 0.2) is 42.5 Å². The summed E-state index contributed by atoms with van der Waals surface area (Å²) < 4.78 is 39.5. The molecule has 2 aromatic rings. The normalized spacial score (nSPS) is 32.0. The Bertz CT molecular complexity index is 1580. The van der Waals surface area contributed by atoms with E-state index in [2.05, 4.69) is 0 Å². The molecule has 0 heterocycles. The Morgan fingerprint density at radius 3 is 2.19 bits per heavy atom. The van der Waals surface area contributed by atoms with Crippen LogP contribution < -0.4 is 5.73 Å². The van der Waals surface area contributed by atoms with E-state index in [0.29, 0.717) is 0 Å². The number of alkyl halides is 3. The minimum atomic E-state index is -4.62. The van der Waals surface area contributed by atoms with Crippen molar-refractivity contribution in [1.29, 1.82) is 0 Å². The van der Waals surface area contributed by atoms with E-state index in [1.165, 1.54) is 37.2 Å². The number of hydrogen-bond donors (Lipinski definition) is 4. The van der Waals surface area contributed by atoms with Crippen molar-refractivity contribution in [2.75, 3.05) is 14.1 Å². The third-order valence-electron chi connectivity index (χ3n) is 8.43. The molecule has 0 spiro atoms. The maximum atomic E-state index is 14.1. The third kappa shape index (κ3) is 4.02. The van der Waals surface area contributed by atoms with Crippen LogP contribution in [-0.4, -0.2) is 81.1 Å². The fourth-order valence-corrected chi connectivity index (χ4v) is 6.62. The van der Waals surface area contributed by atoms with Crippen LogP contribution in [0, 0.1) is 23.7 Å². The predicted molar refractivity (Wildman–Crippen MR) is 138 cm³/mol. The molecule has 0 saturated heterocycles. The number of Topliss-reactive ketones (excluding diaryl/α,β-unsaturated/α-hetero) is 4. The molecular weight excluding hydrogens is 561 g/mol. The van der Waals surface area contributed by atoms with Crippen molar-refractivity contribution in [2.45, 2.75) is 23.9 Å². The van der Waals surface area contributed by atoms with Gasteiger partial charge in [0.05, 0.1) is 35.1 Å². The zero-order chi connectivity index (χ0) is 31.0. The second-order valence-electron chi connectivity index (χ2n) is 10.9. The number of phenols is 1. The topological polar surface area (TPSA) is 175 Å². The van der Waals surface area contributed by atoms with Gasteiger partial charge in [0.15, 0.2) is 34.7 Å². The lowest BCUT2D eigenvalue weighted by Gasteiger charge is -2.55. The van der Waals surface area contributed by atoms with E-state index in [9.17, 15) is 52.5 Å². The van der Waals surface area contributed by atoms with Gasteiger partial charge in [0.1, 0.15) is 5.75 Å². The van der Waals surface area contributed by atoms with E-state index in [1.54, 1.807) is 0 Å². The first kappa shape index (κ1) is 29.3. The summed E-state index contributed by atoms with van der Waals surface area (Å²) in [5.74, 6) is -14.6. The van der Waals surface area contributed by atoms with Gasteiger partial charge in [0.2, 0.25) is 5.91 Å². The van der Waals surface area contributed by atoms with Gasteiger partial charge in [0, 0.05) is 5.92 Å². The number of aliphatic hydroxyl groups excluding tert-OH is 1. The van der Waals surface area contributed by atoms with Crippen LogP contribution in [0.3, 0.4) is 0 Å². The number of carbonyl (C=O) groups excluding carboxylic acids is 5. The summed E-state index contributed by atoms with van der Waals surface area (Å²) in [6, 6.07) is 6.25. The van der Waals surface area contributed by atoms with Gasteiger partial charge in [0.25, 0.3) is 0 Å². The number of nitrogens with zero attached hydrogens (tertiary/aromatic N) is 1. The molecule has 3 aliphatic carbocycles. The Kier molecular flexibility index (Phi) is 6.75. The number of aliphatic hydroxyl groups is 2. The van der Waals surface area contributed by atoms with E-state index in [4.69, 9.17) is 5.73 Å². The van der Waals surface area contributed by atoms with Crippen LogP contribution in [0.4, 0.5) is 13.2 Å². The summed E-state index contributed by atoms with van der Waals surface area (Å²) in [4.78, 5) is 68.0. The van der Waals surface area contributed by atoms with Gasteiger partial charge in [-0.1, -0.05) is 30.3 Å². The summed E-state index contributed by atoms with van der Waals surface area (Å²) >= 11 is 0. The fraction of sp³-hybridized carbons (Fsp3) is 0.345. The van der Waals surface area contributed by atoms with Crippen LogP contribution in [0.25, 0.3) is 11.6 Å². The summed E-state index contributed by atoms with van der Waals surface area (Å²) in [5, 5.41) is 34.1. The number of nitrogens with two attached hydrogens (primary N) is 1. The number of phenolic OH excluding ortho intramolecular Hbond substituents is 1. The lowest BCUT2D eigenvalue weighted by atomic mass is 9.50. The number of amides is 1. The molecule has 2 saturated carbocycles. The Labute approximate surface area is 236 Å². The van der Waals surface area contributed by atoms with E-state index >= 15 is 0 Å². The molecule has 7 atom stereocenters. The molecule has 0 radical (unpaired) electrons. The standard InChI is InChI=1S/C29H25F3N2O8/c1-34(2)21-20-23(37)17-14(10-11-6-8-12(9-7-11)29(30,31)32)13-4-3-5-15(35)16(13)22(36)18(17)25(39)28(20,42)26(40)19(24(21)38)27(33)41/h3-10,17-21,23,35,37,42H,1-2H3,(H2,33,41)/b14-10+/t17-,18?,19?,20-,21+,23+,28+/m1/s1. The summed E-state index contributed by atoms with van der Waals surface area (Å²) in [7, 11) is 2.72. The number of aromatic hydroxyl groups is 1. The quantitative estimate of drug-likeness (QED) is 0.380. The zero-order valence-electron chi connectivity index (χ0n) is 22.1. The number of fused-ring (bicyclic) bond motifs is 3. The summed E-state index contributed by atoms with van der Waals surface area (Å²) in [5.41, 5.74) is 1.09. The highest BCUT2D eigenvalue weighted by Gasteiger charge is 2.72. The molecule has 0 aliphatic heterocycles. The van der Waals surface area contributed by atoms with Crippen molar-refractivity contribution in [3.63, 3.8) is 0 Å². The second kappa shape index (κ2) is 9.68. The molecular formula is C29H25F3N2O8. The van der Waals surface area contributed by atoms with Gasteiger partial charge in [-0.2, -0.15) is 13.2 Å². The van der Waals surface area contributed by atoms with Gasteiger partial charge in [-0.3, -0.25) is 28.9 Å². The molecule has 1 amide bonds. The maximum absolute atomic E-state index is 14.1. The van der Waals surface area contributed by atoms with Gasteiger partial charge in [-0.15, -0.1) is 0 Å². The van der Waals surface area contributed by atoms with Crippen molar-refractivity contribution >= 4 is 40.7 Å². The number of halogens is 3. The van der Waals surface area contributed by atoms with Gasteiger partial charge in [-0.05, 0) is 49.0 Å². The van der Waals surface area contributed by atoms with Crippen LogP contribution >= 0.6 is 0 Å². The lowest BCUT2D eigenvalue weighted by Crippen LogP contribution is -2.77. The van der Waals surface area contributed by atoms with Crippen molar-refractivity contribution in [3.8, 4) is 5.75 Å². The van der Waals surface area contributed by atoms with Gasteiger partial charge in [-0.25, -0.2) is 0 Å². The maximum Gasteiger partial charge on any atom is 0.416 e. The lowest BCUT2D eigenvalue weighted by molar-refractivity contribution is -0.192. The summed E-state index contributed by atoms with van der Waals surface area (Å²) in [6.07, 6.45) is -5.23. The van der Waals surface area contributed by atoms with Crippen molar-refractivity contribution in [3.05, 3.63) is 64.7 Å². The monoisotopic (exact) mass is 586 g/mol. The first-order valence-electron chi connectivity index (χ1n) is 12.8. The number of likely N-dealkylation sites (N-methyl/N-ethyl adjacent to an activating group) is 1. The average Bonchev–Trinajstić information content (AvgIpc) is 2.89. The smallest absolute Gasteiger partial charge is 0.416 e. The number of primary amides is 1. The highest BCUT2D eigenvalue weighted by molar-refractivity contribution is 6.33. The Morgan fingerprint density at radius 1 is 1.02 bits per heavy atom. The van der Waals surface area contributed by atoms with E-state index in [0.717, 1.165) is 30.3 Å². The van der Waals surface area contributed by atoms with Crippen LogP contribution in [-0.2, 0) is 25.4 Å². The molecule has 10 nitrogen and oxygen atoms in total. The number of rotatable bonds is 3.